The number of nitrogens with one attached hydrogen (secondary N) is 1. The second-order valence-electron chi connectivity index (χ2n) is 11.4. The van der Waals surface area contributed by atoms with Gasteiger partial charge in [0.1, 0.15) is 0 Å². The van der Waals surface area contributed by atoms with Gasteiger partial charge < -0.3 is 4.98 Å². The summed E-state index contributed by atoms with van der Waals surface area (Å²) in [5.74, 6) is 3.59. The van der Waals surface area contributed by atoms with E-state index in [1.54, 1.807) is 11.1 Å². The van der Waals surface area contributed by atoms with Crippen LogP contribution in [0.3, 0.4) is 0 Å². The maximum absolute atomic E-state index is 3.60. The molecule has 5 aliphatic rings. The SMILES string of the molecule is c1ccc2c(c1)-c1c(-c3ccc4[nH]c5ccccc5c4c3)cccc1C21C2CC3CC(C2)C1C3. The number of aromatic amines is 1. The molecule has 1 spiro atoms. The third kappa shape index (κ3) is 1.97. The van der Waals surface area contributed by atoms with Crippen LogP contribution in [0.5, 0.6) is 0 Å². The van der Waals surface area contributed by atoms with Crippen LogP contribution in [-0.4, -0.2) is 4.98 Å². The van der Waals surface area contributed by atoms with Crippen LogP contribution < -0.4 is 0 Å². The number of hydrogen-bond donors (Lipinski definition) is 1. The quantitative estimate of drug-likeness (QED) is 0.271. The lowest BCUT2D eigenvalue weighted by Gasteiger charge is -2.43. The van der Waals surface area contributed by atoms with E-state index in [2.05, 4.69) is 89.9 Å². The van der Waals surface area contributed by atoms with Crippen molar-refractivity contribution in [1.82, 2.24) is 4.98 Å². The average Bonchev–Trinajstić information content (AvgIpc) is 3.55. The molecule has 4 bridgehead atoms. The normalized spacial score (nSPS) is 30.0. The van der Waals surface area contributed by atoms with E-state index in [9.17, 15) is 0 Å². The second kappa shape index (κ2) is 6.02. The van der Waals surface area contributed by atoms with E-state index in [1.165, 1.54) is 69.7 Å². The zero-order chi connectivity index (χ0) is 22.0. The van der Waals surface area contributed by atoms with Gasteiger partial charge in [-0.3, -0.25) is 0 Å². The Hall–Kier alpha value is -3.32. The lowest BCUT2D eigenvalue weighted by Crippen LogP contribution is -2.40. The highest BCUT2D eigenvalue weighted by Gasteiger charge is 2.66. The standard InChI is InChI=1S/C33H27N/c1-3-9-27-25(7-1)32-23(20-12-13-31-26(18-20)24-6-2-4-11-30(24)34-31)8-5-10-28(32)33(27)22-15-19-14-21(17-22)29(33)16-19/h1-13,18-19,21-22,29,34H,14-17H2. The van der Waals surface area contributed by atoms with Crippen LogP contribution in [0.2, 0.25) is 0 Å². The van der Waals surface area contributed by atoms with Crippen LogP contribution in [0.15, 0.2) is 84.9 Å². The Morgan fingerprint density at radius 2 is 1.47 bits per heavy atom. The first kappa shape index (κ1) is 18.1. The smallest absolute Gasteiger partial charge is 0.0465 e. The number of para-hydroxylation sites is 1. The number of fused-ring (bicyclic) bond motifs is 6. The molecule has 5 unspecified atom stereocenters. The van der Waals surface area contributed by atoms with Crippen LogP contribution in [0.1, 0.15) is 36.8 Å². The fourth-order valence-corrected chi connectivity index (χ4v) is 9.28. The summed E-state index contributed by atoms with van der Waals surface area (Å²) in [6.45, 7) is 0. The van der Waals surface area contributed by atoms with E-state index in [1.807, 2.05) is 0 Å². The van der Waals surface area contributed by atoms with Gasteiger partial charge in [-0.25, -0.2) is 0 Å². The first-order valence-corrected chi connectivity index (χ1v) is 13.1. The lowest BCUT2D eigenvalue weighted by molar-refractivity contribution is 0.191. The summed E-state index contributed by atoms with van der Waals surface area (Å²) < 4.78 is 0. The molecule has 1 nitrogen and oxygen atoms in total. The van der Waals surface area contributed by atoms with Crippen molar-refractivity contribution in [3.05, 3.63) is 96.1 Å². The lowest BCUT2D eigenvalue weighted by atomic mass is 9.59. The number of aromatic nitrogens is 1. The summed E-state index contributed by atoms with van der Waals surface area (Å²) >= 11 is 0. The molecule has 1 heteroatoms. The number of hydrogen-bond acceptors (Lipinski definition) is 0. The minimum absolute atomic E-state index is 0.254. The van der Waals surface area contributed by atoms with Crippen molar-refractivity contribution in [2.45, 2.75) is 31.1 Å². The van der Waals surface area contributed by atoms with Crippen molar-refractivity contribution in [3.8, 4) is 22.3 Å². The van der Waals surface area contributed by atoms with Gasteiger partial charge in [-0.1, -0.05) is 66.7 Å². The monoisotopic (exact) mass is 437 g/mol. The molecule has 4 fully saturated rings. The average molecular weight is 438 g/mol. The first-order valence-electron chi connectivity index (χ1n) is 13.1. The van der Waals surface area contributed by atoms with Crippen molar-refractivity contribution < 1.29 is 0 Å². The van der Waals surface area contributed by atoms with Gasteiger partial charge in [-0.2, -0.15) is 0 Å². The summed E-state index contributed by atoms with van der Waals surface area (Å²) in [6, 6.07) is 32.4. The molecule has 5 aliphatic carbocycles. The molecule has 0 radical (unpaired) electrons. The molecule has 10 rings (SSSR count). The molecular weight excluding hydrogens is 410 g/mol. The zero-order valence-corrected chi connectivity index (χ0v) is 19.2. The highest BCUT2D eigenvalue weighted by atomic mass is 14.7. The van der Waals surface area contributed by atoms with E-state index in [0.717, 1.165) is 23.7 Å². The van der Waals surface area contributed by atoms with Crippen molar-refractivity contribution in [1.29, 1.82) is 0 Å². The summed E-state index contributed by atoms with van der Waals surface area (Å²) in [4.78, 5) is 3.60. The largest absolute Gasteiger partial charge is 0.355 e. The van der Waals surface area contributed by atoms with Crippen molar-refractivity contribution >= 4 is 21.8 Å². The molecule has 4 aromatic carbocycles. The molecule has 1 heterocycles. The number of benzene rings is 4. The molecule has 164 valence electrons. The van der Waals surface area contributed by atoms with Gasteiger partial charge in [0.2, 0.25) is 0 Å². The molecule has 5 aromatic rings. The predicted octanol–water partition coefficient (Wildman–Crippen LogP) is 8.32. The van der Waals surface area contributed by atoms with Gasteiger partial charge in [0.15, 0.2) is 0 Å². The Labute approximate surface area is 199 Å². The van der Waals surface area contributed by atoms with Crippen LogP contribution in [-0.2, 0) is 5.41 Å². The summed E-state index contributed by atoms with van der Waals surface area (Å²) in [5.41, 5.74) is 11.8. The maximum Gasteiger partial charge on any atom is 0.0465 e. The minimum Gasteiger partial charge on any atom is -0.355 e. The van der Waals surface area contributed by atoms with E-state index in [4.69, 9.17) is 0 Å². The molecule has 1 aromatic heterocycles. The second-order valence-corrected chi connectivity index (χ2v) is 11.4. The summed E-state index contributed by atoms with van der Waals surface area (Å²) in [6.07, 6.45) is 5.81. The molecule has 4 saturated carbocycles. The van der Waals surface area contributed by atoms with Crippen molar-refractivity contribution in [2.24, 2.45) is 23.7 Å². The van der Waals surface area contributed by atoms with Crippen LogP contribution >= 0.6 is 0 Å². The van der Waals surface area contributed by atoms with E-state index < -0.39 is 0 Å². The number of rotatable bonds is 1. The molecule has 34 heavy (non-hydrogen) atoms. The van der Waals surface area contributed by atoms with Gasteiger partial charge in [0.25, 0.3) is 0 Å². The Bertz CT molecular complexity index is 1650. The van der Waals surface area contributed by atoms with Gasteiger partial charge in [-0.15, -0.1) is 0 Å². The molecule has 0 amide bonds. The summed E-state index contributed by atoms with van der Waals surface area (Å²) in [7, 11) is 0. The minimum atomic E-state index is 0.254. The van der Waals surface area contributed by atoms with Gasteiger partial charge in [-0.05, 0) is 101 Å². The van der Waals surface area contributed by atoms with Gasteiger partial charge >= 0.3 is 0 Å². The third-order valence-electron chi connectivity index (χ3n) is 10.2. The highest BCUT2D eigenvalue weighted by molar-refractivity contribution is 6.09. The first-order chi connectivity index (χ1) is 16.8. The van der Waals surface area contributed by atoms with Crippen molar-refractivity contribution in [3.63, 3.8) is 0 Å². The van der Waals surface area contributed by atoms with Crippen LogP contribution in [0.25, 0.3) is 44.1 Å². The van der Waals surface area contributed by atoms with Crippen molar-refractivity contribution in [2.75, 3.05) is 0 Å². The Morgan fingerprint density at radius 3 is 2.44 bits per heavy atom. The van der Waals surface area contributed by atoms with E-state index >= 15 is 0 Å². The maximum atomic E-state index is 3.60. The Morgan fingerprint density at radius 1 is 0.647 bits per heavy atom. The topological polar surface area (TPSA) is 15.8 Å². The molecule has 1 N–H and O–H groups in total. The molecule has 0 aliphatic heterocycles. The Balaban J connectivity index is 1.34. The third-order valence-corrected chi connectivity index (χ3v) is 10.2. The fraction of sp³-hybridized carbons (Fsp3) is 0.273. The summed E-state index contributed by atoms with van der Waals surface area (Å²) in [5, 5.41) is 2.64. The highest BCUT2D eigenvalue weighted by Crippen LogP contribution is 2.73. The van der Waals surface area contributed by atoms with Crippen LogP contribution in [0, 0.1) is 23.7 Å². The van der Waals surface area contributed by atoms with Gasteiger partial charge in [0, 0.05) is 27.2 Å². The molecule has 0 saturated heterocycles. The molecular formula is C33H27N. The predicted molar refractivity (Wildman–Crippen MR) is 140 cm³/mol. The molecule has 5 atom stereocenters. The van der Waals surface area contributed by atoms with E-state index in [-0.39, 0.29) is 5.41 Å². The van der Waals surface area contributed by atoms with Gasteiger partial charge in [0.05, 0.1) is 0 Å². The van der Waals surface area contributed by atoms with E-state index in [0.29, 0.717) is 0 Å². The zero-order valence-electron chi connectivity index (χ0n) is 19.2. The Kier molecular flexibility index (Phi) is 3.20. The van der Waals surface area contributed by atoms with Crippen LogP contribution in [0.4, 0.5) is 0 Å². The number of H-pyrrole nitrogens is 1. The fourth-order valence-electron chi connectivity index (χ4n) is 9.28.